The molecule has 0 unspecified atom stereocenters. The van der Waals surface area contributed by atoms with Gasteiger partial charge < -0.3 is 0 Å². The average Bonchev–Trinajstić information content (AvgIpc) is 1.60. The molecule has 1 saturated heterocycles. The van der Waals surface area contributed by atoms with Crippen LogP contribution in [0.25, 0.3) is 0 Å². The van der Waals surface area contributed by atoms with E-state index in [-0.39, 0.29) is 7.42 Å². The first-order valence-corrected chi connectivity index (χ1v) is 11.2. The van der Waals surface area contributed by atoms with E-state index in [2.05, 4.69) is 28.4 Å². The molecule has 1 radical (unpaired) electrons. The topological polar surface area (TPSA) is 0 Å². The van der Waals surface area contributed by atoms with Crippen LogP contribution in [0.5, 0.6) is 0 Å². The van der Waals surface area contributed by atoms with Crippen molar-refractivity contribution in [2.24, 2.45) is 0 Å². The Morgan fingerprint density at radius 1 is 1.44 bits per heavy atom. The van der Waals surface area contributed by atoms with Crippen LogP contribution in [0.15, 0.2) is 0 Å². The summed E-state index contributed by atoms with van der Waals surface area (Å²) in [7, 11) is -0.680. The molecule has 9 heavy (non-hydrogen) atoms. The summed E-state index contributed by atoms with van der Waals surface area (Å²) < 4.78 is 0. The van der Waals surface area contributed by atoms with Crippen molar-refractivity contribution in [3.8, 4) is 0 Å². The van der Waals surface area contributed by atoms with Crippen molar-refractivity contribution in [3.05, 3.63) is 0 Å². The molecule has 0 saturated carbocycles. The van der Waals surface area contributed by atoms with E-state index in [0.717, 1.165) is 0 Å². The van der Waals surface area contributed by atoms with Crippen LogP contribution in [0.1, 0.15) is 6.42 Å². The Hall–Kier alpha value is 0.914. The lowest BCUT2D eigenvalue weighted by Crippen LogP contribution is -2.34. The minimum atomic E-state index is -0.655. The Kier molecular flexibility index (Phi) is 2.57. The molecule has 1 rings (SSSR count). The highest BCUT2D eigenvalue weighted by atomic mass is 79.9. The summed E-state index contributed by atoms with van der Waals surface area (Å²) in [5.41, 5.74) is 1.59. The Labute approximate surface area is 68.2 Å². The SMILES string of the molecule is C[Si]1(C)CCC[Si](Br)C1. The van der Waals surface area contributed by atoms with Crippen LogP contribution in [0, 0.1) is 0 Å². The molecule has 0 N–H and O–H groups in total. The number of hydrogen-bond donors (Lipinski definition) is 0. The molecule has 1 aliphatic rings. The van der Waals surface area contributed by atoms with Gasteiger partial charge in [-0.1, -0.05) is 31.2 Å². The highest BCUT2D eigenvalue weighted by Gasteiger charge is 2.29. The first-order chi connectivity index (χ1) is 4.10. The van der Waals surface area contributed by atoms with Crippen molar-refractivity contribution in [2.75, 3.05) is 0 Å². The lowest BCUT2D eigenvalue weighted by Gasteiger charge is -2.29. The third kappa shape index (κ3) is 2.55. The van der Waals surface area contributed by atoms with Crippen LogP contribution in [0.3, 0.4) is 0 Å². The van der Waals surface area contributed by atoms with Gasteiger partial charge in [0.15, 0.2) is 0 Å². The molecule has 0 bridgehead atoms. The standard InChI is InChI=1S/C6H14BrSi2/c1-9(2)5-3-4-8(7)6-9/h3-6H2,1-2H3. The Bertz CT molecular complexity index is 103. The third-order valence-electron chi connectivity index (χ3n) is 1.97. The van der Waals surface area contributed by atoms with Crippen LogP contribution in [0.2, 0.25) is 30.8 Å². The molecule has 3 heteroatoms. The molecular weight excluding hydrogens is 208 g/mol. The molecule has 1 fully saturated rings. The maximum absolute atomic E-state index is 3.80. The average molecular weight is 222 g/mol. The first kappa shape index (κ1) is 8.01. The fourth-order valence-corrected chi connectivity index (χ4v) is 16.7. The highest BCUT2D eigenvalue weighted by Crippen LogP contribution is 2.30. The van der Waals surface area contributed by atoms with Crippen molar-refractivity contribution < 1.29 is 0 Å². The molecule has 1 aliphatic heterocycles. The van der Waals surface area contributed by atoms with E-state index in [4.69, 9.17) is 0 Å². The molecule has 0 atom stereocenters. The van der Waals surface area contributed by atoms with Crippen molar-refractivity contribution >= 4 is 30.8 Å². The fraction of sp³-hybridized carbons (Fsp3) is 1.00. The van der Waals surface area contributed by atoms with E-state index in [1.165, 1.54) is 12.5 Å². The van der Waals surface area contributed by atoms with E-state index in [0.29, 0.717) is 0 Å². The van der Waals surface area contributed by atoms with Crippen LogP contribution in [-0.4, -0.2) is 15.5 Å². The van der Waals surface area contributed by atoms with E-state index < -0.39 is 8.07 Å². The molecule has 1 heterocycles. The quantitative estimate of drug-likeness (QED) is 0.436. The van der Waals surface area contributed by atoms with Gasteiger partial charge in [-0.2, -0.15) is 0 Å². The number of rotatable bonds is 0. The van der Waals surface area contributed by atoms with Crippen molar-refractivity contribution in [2.45, 2.75) is 37.3 Å². The minimum absolute atomic E-state index is 0.0253. The predicted octanol–water partition coefficient (Wildman–Crippen LogP) is 3.02. The molecule has 0 aromatic carbocycles. The second-order valence-corrected chi connectivity index (χ2v) is 14.9. The van der Waals surface area contributed by atoms with Gasteiger partial charge in [0, 0.05) is 8.07 Å². The van der Waals surface area contributed by atoms with Gasteiger partial charge in [0.1, 0.15) is 7.42 Å². The van der Waals surface area contributed by atoms with Crippen molar-refractivity contribution in [1.29, 1.82) is 0 Å². The number of halogens is 1. The molecule has 0 amide bonds. The van der Waals surface area contributed by atoms with E-state index in [1.807, 2.05) is 0 Å². The molecule has 0 spiro atoms. The predicted molar refractivity (Wildman–Crippen MR) is 51.2 cm³/mol. The second kappa shape index (κ2) is 2.88. The summed E-state index contributed by atoms with van der Waals surface area (Å²) >= 11 is 3.80. The smallest absolute Gasteiger partial charge is 0.129 e. The Morgan fingerprint density at radius 2 is 2.11 bits per heavy atom. The summed E-state index contributed by atoms with van der Waals surface area (Å²) in [6, 6.07) is 3.09. The summed E-state index contributed by atoms with van der Waals surface area (Å²) in [4.78, 5) is 0. The van der Waals surface area contributed by atoms with Crippen LogP contribution >= 0.6 is 15.3 Å². The molecule has 0 aliphatic carbocycles. The molecule has 0 aromatic heterocycles. The molecule has 53 valence electrons. The maximum Gasteiger partial charge on any atom is 0.132 e. The lowest BCUT2D eigenvalue weighted by molar-refractivity contribution is 1.01. The second-order valence-electron chi connectivity index (χ2n) is 3.71. The lowest BCUT2D eigenvalue weighted by atomic mass is 10.6. The van der Waals surface area contributed by atoms with E-state index >= 15 is 0 Å². The van der Waals surface area contributed by atoms with Gasteiger partial charge in [-0.25, -0.2) is 0 Å². The van der Waals surface area contributed by atoms with Crippen LogP contribution in [-0.2, 0) is 0 Å². The first-order valence-electron chi connectivity index (χ1n) is 3.60. The monoisotopic (exact) mass is 221 g/mol. The van der Waals surface area contributed by atoms with Gasteiger partial charge in [-0.3, -0.25) is 0 Å². The van der Waals surface area contributed by atoms with Crippen LogP contribution in [0.4, 0.5) is 0 Å². The van der Waals surface area contributed by atoms with Crippen molar-refractivity contribution in [1.82, 2.24) is 0 Å². The van der Waals surface area contributed by atoms with Gasteiger partial charge >= 0.3 is 0 Å². The minimum Gasteiger partial charge on any atom is -0.129 e. The highest BCUT2D eigenvalue weighted by molar-refractivity contribution is 9.24. The van der Waals surface area contributed by atoms with Gasteiger partial charge in [0.25, 0.3) is 0 Å². The van der Waals surface area contributed by atoms with Crippen LogP contribution < -0.4 is 0 Å². The van der Waals surface area contributed by atoms with Crippen molar-refractivity contribution in [3.63, 3.8) is 0 Å². The normalized spacial score (nSPS) is 28.3. The maximum atomic E-state index is 3.80. The molecule has 0 nitrogen and oxygen atoms in total. The molecular formula is C6H14BrSi2. The number of hydrogen-bond acceptors (Lipinski definition) is 0. The Balaban J connectivity index is 2.41. The molecule has 0 aromatic rings. The zero-order valence-electron chi connectivity index (χ0n) is 6.21. The summed E-state index contributed by atoms with van der Waals surface area (Å²) in [5, 5.41) is 0. The summed E-state index contributed by atoms with van der Waals surface area (Å²) in [6.45, 7) is 5.05. The summed E-state index contributed by atoms with van der Waals surface area (Å²) in [5.74, 6) is 0. The zero-order chi connectivity index (χ0) is 6.91. The summed E-state index contributed by atoms with van der Waals surface area (Å²) in [6.07, 6.45) is 1.51. The largest absolute Gasteiger partial charge is 0.132 e. The Morgan fingerprint density at radius 3 is 2.44 bits per heavy atom. The van der Waals surface area contributed by atoms with Gasteiger partial charge in [0.2, 0.25) is 0 Å². The zero-order valence-corrected chi connectivity index (χ0v) is 9.79. The van der Waals surface area contributed by atoms with Gasteiger partial charge in [0.05, 0.1) is 0 Å². The van der Waals surface area contributed by atoms with E-state index in [1.54, 1.807) is 11.7 Å². The fourth-order valence-electron chi connectivity index (χ4n) is 1.45. The van der Waals surface area contributed by atoms with Gasteiger partial charge in [-0.15, -0.1) is 15.3 Å². The van der Waals surface area contributed by atoms with Gasteiger partial charge in [-0.05, 0) is 6.04 Å². The third-order valence-corrected chi connectivity index (χ3v) is 13.7. The van der Waals surface area contributed by atoms with E-state index in [9.17, 15) is 0 Å².